The Morgan fingerprint density at radius 1 is 1.31 bits per heavy atom. The van der Waals surface area contributed by atoms with Crippen molar-refractivity contribution in [3.05, 3.63) is 42.1 Å². The van der Waals surface area contributed by atoms with E-state index in [4.69, 9.17) is 0 Å². The molecule has 3 aromatic heterocycles. The minimum atomic E-state index is -4.32. The Morgan fingerprint density at radius 2 is 2.12 bits per heavy atom. The summed E-state index contributed by atoms with van der Waals surface area (Å²) in [6.07, 6.45) is 1.48. The largest absolute Gasteiger partial charge is 0.408 e. The first-order valence-electron chi connectivity index (χ1n) is 7.53. The van der Waals surface area contributed by atoms with E-state index in [1.807, 2.05) is 14.0 Å². The molecule has 11 heteroatoms. The molecule has 0 radical (unpaired) electrons. The molecule has 0 fully saturated rings. The van der Waals surface area contributed by atoms with Crippen LogP contribution in [0.15, 0.2) is 35.8 Å². The average Bonchev–Trinajstić information content (AvgIpc) is 3.13. The van der Waals surface area contributed by atoms with Crippen LogP contribution in [0.3, 0.4) is 0 Å². The summed E-state index contributed by atoms with van der Waals surface area (Å²) < 4.78 is 39.4. The maximum absolute atomic E-state index is 12.3. The van der Waals surface area contributed by atoms with Gasteiger partial charge in [0.25, 0.3) is 0 Å². The zero-order valence-electron chi connectivity index (χ0n) is 13.9. The Labute approximate surface area is 146 Å². The van der Waals surface area contributed by atoms with Crippen molar-refractivity contribution in [2.75, 3.05) is 5.43 Å². The topological polar surface area (TPSA) is 85.8 Å². The molecular weight excluding hydrogens is 349 g/mol. The summed E-state index contributed by atoms with van der Waals surface area (Å²) in [7, 11) is 1.83. The molecule has 0 spiro atoms. The van der Waals surface area contributed by atoms with Gasteiger partial charge in [0.15, 0.2) is 0 Å². The highest BCUT2D eigenvalue weighted by atomic mass is 19.4. The zero-order valence-corrected chi connectivity index (χ0v) is 13.9. The van der Waals surface area contributed by atoms with Crippen LogP contribution in [-0.4, -0.2) is 41.9 Å². The summed E-state index contributed by atoms with van der Waals surface area (Å²) in [4.78, 5) is 8.39. The molecule has 0 bridgehead atoms. The Bertz CT molecular complexity index is 925. The average molecular weight is 364 g/mol. The fraction of sp³-hybridized carbons (Fsp3) is 0.267. The Hall–Kier alpha value is -3.24. The molecule has 0 aromatic carbocycles. The van der Waals surface area contributed by atoms with Crippen molar-refractivity contribution >= 4 is 12.2 Å². The van der Waals surface area contributed by atoms with Gasteiger partial charge in [-0.25, -0.2) is 15.4 Å². The van der Waals surface area contributed by atoms with E-state index in [1.54, 1.807) is 23.1 Å². The van der Waals surface area contributed by atoms with Gasteiger partial charge in [-0.1, -0.05) is 0 Å². The van der Waals surface area contributed by atoms with Crippen LogP contribution in [0, 0.1) is 6.92 Å². The van der Waals surface area contributed by atoms with Gasteiger partial charge in [0.1, 0.15) is 12.2 Å². The number of hydrogen-bond acceptors (Lipinski definition) is 6. The lowest BCUT2D eigenvalue weighted by Crippen LogP contribution is -2.18. The van der Waals surface area contributed by atoms with Crippen LogP contribution in [-0.2, 0) is 13.6 Å². The number of anilines is 1. The van der Waals surface area contributed by atoms with Gasteiger partial charge in [-0.3, -0.25) is 9.36 Å². The first-order chi connectivity index (χ1) is 12.3. The lowest BCUT2D eigenvalue weighted by molar-refractivity contribution is -0.142. The standard InChI is InChI=1S/C15H15F3N8/c1-10-12(8-21-25(10)2)13-3-5-19-14(22-13)23-20-7-11-4-6-26(24-11)9-15(16,17)18/h3-8H,9H2,1-2H3,(H,19,22,23)/b20-7-. The highest BCUT2D eigenvalue weighted by molar-refractivity contribution is 5.77. The minimum Gasteiger partial charge on any atom is -0.272 e. The van der Waals surface area contributed by atoms with Crippen LogP contribution in [0.1, 0.15) is 11.4 Å². The van der Waals surface area contributed by atoms with Crippen molar-refractivity contribution in [3.63, 3.8) is 0 Å². The molecule has 0 aliphatic rings. The van der Waals surface area contributed by atoms with Crippen molar-refractivity contribution in [3.8, 4) is 11.3 Å². The summed E-state index contributed by atoms with van der Waals surface area (Å²) in [5.41, 5.74) is 5.41. The highest BCUT2D eigenvalue weighted by Crippen LogP contribution is 2.20. The molecule has 0 saturated carbocycles. The normalized spacial score (nSPS) is 12.0. The molecule has 0 unspecified atom stereocenters. The third-order valence-electron chi connectivity index (χ3n) is 3.53. The van der Waals surface area contributed by atoms with Gasteiger partial charge in [0.2, 0.25) is 5.95 Å². The molecule has 136 valence electrons. The van der Waals surface area contributed by atoms with E-state index in [1.165, 1.54) is 18.5 Å². The quantitative estimate of drug-likeness (QED) is 0.555. The Morgan fingerprint density at radius 3 is 2.81 bits per heavy atom. The molecule has 0 aliphatic carbocycles. The summed E-state index contributed by atoms with van der Waals surface area (Å²) in [6.45, 7) is 0.775. The van der Waals surface area contributed by atoms with E-state index >= 15 is 0 Å². The SMILES string of the molecule is Cc1c(-c2ccnc(N/N=C\c3ccn(CC(F)(F)F)n3)n2)cnn1C. The third kappa shape index (κ3) is 4.23. The summed E-state index contributed by atoms with van der Waals surface area (Å²) in [5.74, 6) is 0.247. The minimum absolute atomic E-state index is 0.247. The Balaban J connectivity index is 1.68. The smallest absolute Gasteiger partial charge is 0.272 e. The van der Waals surface area contributed by atoms with Gasteiger partial charge in [-0.2, -0.15) is 28.5 Å². The molecule has 3 heterocycles. The molecule has 3 aromatic rings. The molecule has 0 amide bonds. The van der Waals surface area contributed by atoms with E-state index in [9.17, 15) is 13.2 Å². The number of hydrazone groups is 1. The van der Waals surface area contributed by atoms with Crippen LogP contribution in [0.25, 0.3) is 11.3 Å². The van der Waals surface area contributed by atoms with Crippen molar-refractivity contribution < 1.29 is 13.2 Å². The predicted octanol–water partition coefficient (Wildman–Crippen LogP) is 2.39. The van der Waals surface area contributed by atoms with E-state index in [0.29, 0.717) is 5.69 Å². The summed E-state index contributed by atoms with van der Waals surface area (Å²) in [6, 6.07) is 3.17. The van der Waals surface area contributed by atoms with Crippen LogP contribution in [0.5, 0.6) is 0 Å². The molecule has 0 aliphatic heterocycles. The third-order valence-corrected chi connectivity index (χ3v) is 3.53. The summed E-state index contributed by atoms with van der Waals surface area (Å²) >= 11 is 0. The van der Waals surface area contributed by atoms with Gasteiger partial charge in [0.05, 0.1) is 18.1 Å². The van der Waals surface area contributed by atoms with E-state index in [2.05, 4.69) is 30.7 Å². The molecule has 0 saturated heterocycles. The first-order valence-corrected chi connectivity index (χ1v) is 7.53. The maximum atomic E-state index is 12.3. The van der Waals surface area contributed by atoms with Crippen LogP contribution >= 0.6 is 0 Å². The lowest BCUT2D eigenvalue weighted by Gasteiger charge is -2.04. The fourth-order valence-corrected chi connectivity index (χ4v) is 2.19. The van der Waals surface area contributed by atoms with Crippen LogP contribution < -0.4 is 5.43 Å². The van der Waals surface area contributed by atoms with E-state index in [-0.39, 0.29) is 11.6 Å². The molecule has 8 nitrogen and oxygen atoms in total. The second-order valence-corrected chi connectivity index (χ2v) is 5.46. The number of halogens is 3. The second kappa shape index (κ2) is 6.94. The highest BCUT2D eigenvalue weighted by Gasteiger charge is 2.28. The van der Waals surface area contributed by atoms with Gasteiger partial charge in [-0.15, -0.1) is 0 Å². The fourth-order valence-electron chi connectivity index (χ4n) is 2.19. The van der Waals surface area contributed by atoms with Crippen LogP contribution in [0.2, 0.25) is 0 Å². The molecule has 3 rings (SSSR count). The first kappa shape index (κ1) is 17.6. The van der Waals surface area contributed by atoms with Crippen LogP contribution in [0.4, 0.5) is 19.1 Å². The number of hydrogen-bond donors (Lipinski definition) is 1. The van der Waals surface area contributed by atoms with Gasteiger partial charge in [-0.05, 0) is 19.1 Å². The van der Waals surface area contributed by atoms with Gasteiger partial charge < -0.3 is 0 Å². The Kier molecular flexibility index (Phi) is 4.69. The number of aryl methyl sites for hydroxylation is 1. The number of alkyl halides is 3. The van der Waals surface area contributed by atoms with Crippen molar-refractivity contribution in [1.82, 2.24) is 29.5 Å². The van der Waals surface area contributed by atoms with Crippen molar-refractivity contribution in [2.24, 2.45) is 12.1 Å². The van der Waals surface area contributed by atoms with Crippen molar-refractivity contribution in [2.45, 2.75) is 19.6 Å². The maximum Gasteiger partial charge on any atom is 0.408 e. The van der Waals surface area contributed by atoms with Crippen molar-refractivity contribution in [1.29, 1.82) is 0 Å². The summed E-state index contributed by atoms with van der Waals surface area (Å²) in [5, 5.41) is 11.8. The molecule has 1 N–H and O–H groups in total. The number of nitrogens with one attached hydrogen (secondary N) is 1. The van der Waals surface area contributed by atoms with E-state index < -0.39 is 12.7 Å². The van der Waals surface area contributed by atoms with E-state index in [0.717, 1.165) is 15.9 Å². The monoisotopic (exact) mass is 364 g/mol. The second-order valence-electron chi connectivity index (χ2n) is 5.46. The lowest BCUT2D eigenvalue weighted by atomic mass is 10.2. The molecular formula is C15H15F3N8. The number of aromatic nitrogens is 6. The number of nitrogens with zero attached hydrogens (tertiary/aromatic N) is 7. The zero-order chi connectivity index (χ0) is 18.7. The molecule has 26 heavy (non-hydrogen) atoms. The predicted molar refractivity (Wildman–Crippen MR) is 88.5 cm³/mol. The van der Waals surface area contributed by atoms with Gasteiger partial charge >= 0.3 is 6.18 Å². The number of rotatable bonds is 5. The van der Waals surface area contributed by atoms with Gasteiger partial charge in [0, 0.05) is 30.7 Å². The molecule has 0 atom stereocenters.